The Morgan fingerprint density at radius 1 is 0.487 bits per heavy atom. The fraction of sp³-hybridized carbons (Fsp3) is 0.162. The summed E-state index contributed by atoms with van der Waals surface area (Å²) < 4.78 is 0. The zero-order chi connectivity index (χ0) is 26.9. The monoisotopic (exact) mass is 505 g/mol. The second-order valence-electron chi connectivity index (χ2n) is 11.8. The summed E-state index contributed by atoms with van der Waals surface area (Å²) in [6, 6.07) is 39.1. The fourth-order valence-electron chi connectivity index (χ4n) is 6.81. The van der Waals surface area contributed by atoms with Crippen molar-refractivity contribution in [3.05, 3.63) is 137 Å². The Kier molecular flexibility index (Phi) is 5.03. The van der Waals surface area contributed by atoms with Crippen LogP contribution < -0.4 is 4.90 Å². The van der Waals surface area contributed by atoms with E-state index in [9.17, 15) is 4.79 Å². The molecule has 0 N–H and O–H groups in total. The minimum Gasteiger partial charge on any atom is -0.310 e. The van der Waals surface area contributed by atoms with Gasteiger partial charge in [0.25, 0.3) is 0 Å². The van der Waals surface area contributed by atoms with Crippen molar-refractivity contribution in [1.29, 1.82) is 0 Å². The number of carbonyl (C=O) groups excluding carboxylic acids is 1. The van der Waals surface area contributed by atoms with Crippen molar-refractivity contribution in [3.8, 4) is 22.3 Å². The Balaban J connectivity index is 1.42. The zero-order valence-electron chi connectivity index (χ0n) is 22.8. The van der Waals surface area contributed by atoms with Crippen LogP contribution in [0.1, 0.15) is 60.3 Å². The molecule has 2 aliphatic rings. The predicted molar refractivity (Wildman–Crippen MR) is 162 cm³/mol. The quantitative estimate of drug-likeness (QED) is 0.227. The molecule has 0 fully saturated rings. The van der Waals surface area contributed by atoms with E-state index in [-0.39, 0.29) is 10.8 Å². The Labute approximate surface area is 230 Å². The van der Waals surface area contributed by atoms with Gasteiger partial charge in [0.2, 0.25) is 0 Å². The Morgan fingerprint density at radius 2 is 0.897 bits per heavy atom. The van der Waals surface area contributed by atoms with Crippen LogP contribution in [0, 0.1) is 0 Å². The number of hydrogen-bond donors (Lipinski definition) is 0. The van der Waals surface area contributed by atoms with E-state index >= 15 is 0 Å². The summed E-state index contributed by atoms with van der Waals surface area (Å²) in [6.45, 7) is 9.28. The van der Waals surface area contributed by atoms with Gasteiger partial charge in [-0.15, -0.1) is 0 Å². The topological polar surface area (TPSA) is 20.3 Å². The van der Waals surface area contributed by atoms with E-state index in [4.69, 9.17) is 0 Å². The maximum Gasteiger partial charge on any atom is 0.150 e. The number of aldehydes is 1. The van der Waals surface area contributed by atoms with Gasteiger partial charge in [0.15, 0.2) is 0 Å². The molecule has 0 aromatic heterocycles. The van der Waals surface area contributed by atoms with E-state index in [0.717, 1.165) is 23.3 Å². The van der Waals surface area contributed by atoms with Gasteiger partial charge >= 0.3 is 0 Å². The van der Waals surface area contributed by atoms with Crippen LogP contribution in [0.25, 0.3) is 22.3 Å². The van der Waals surface area contributed by atoms with Crippen LogP contribution in [0.3, 0.4) is 0 Å². The SMILES string of the molecule is CC1(C)c2ccccc2-c2ccc(N(c3ccc(C=O)cc3)c3ccc4c(c3)C(C)(C)c3ccccc3-4)cc21. The average Bonchev–Trinajstić information content (AvgIpc) is 3.33. The van der Waals surface area contributed by atoms with Gasteiger partial charge < -0.3 is 4.90 Å². The molecule has 190 valence electrons. The van der Waals surface area contributed by atoms with Gasteiger partial charge in [-0.1, -0.05) is 88.4 Å². The summed E-state index contributed by atoms with van der Waals surface area (Å²) in [5, 5.41) is 0. The maximum atomic E-state index is 11.4. The number of benzene rings is 5. The minimum absolute atomic E-state index is 0.0868. The van der Waals surface area contributed by atoms with E-state index in [2.05, 4.69) is 118 Å². The zero-order valence-corrected chi connectivity index (χ0v) is 22.8. The van der Waals surface area contributed by atoms with Crippen molar-refractivity contribution in [3.63, 3.8) is 0 Å². The van der Waals surface area contributed by atoms with Gasteiger partial charge in [0.1, 0.15) is 6.29 Å². The summed E-state index contributed by atoms with van der Waals surface area (Å²) >= 11 is 0. The van der Waals surface area contributed by atoms with Crippen molar-refractivity contribution in [1.82, 2.24) is 0 Å². The fourth-order valence-corrected chi connectivity index (χ4v) is 6.81. The number of nitrogens with zero attached hydrogens (tertiary/aromatic N) is 1. The van der Waals surface area contributed by atoms with Crippen molar-refractivity contribution in [2.75, 3.05) is 4.90 Å². The molecular formula is C37H31NO. The second-order valence-corrected chi connectivity index (χ2v) is 11.8. The van der Waals surface area contributed by atoms with Gasteiger partial charge in [-0.05, 0) is 93.0 Å². The number of fused-ring (bicyclic) bond motifs is 6. The molecule has 2 aliphatic carbocycles. The normalized spacial score (nSPS) is 15.2. The minimum atomic E-state index is -0.0868. The Bertz CT molecular complexity index is 1670. The Hall–Kier alpha value is -4.43. The summed E-state index contributed by atoms with van der Waals surface area (Å²) in [6.07, 6.45) is 0.901. The lowest BCUT2D eigenvalue weighted by atomic mass is 9.82. The molecule has 0 heterocycles. The van der Waals surface area contributed by atoms with E-state index in [0.29, 0.717) is 5.56 Å². The van der Waals surface area contributed by atoms with Crippen molar-refractivity contribution in [2.24, 2.45) is 0 Å². The van der Waals surface area contributed by atoms with E-state index in [1.54, 1.807) is 0 Å². The summed E-state index contributed by atoms with van der Waals surface area (Å²) in [5.74, 6) is 0. The lowest BCUT2D eigenvalue weighted by Crippen LogP contribution is -2.18. The highest BCUT2D eigenvalue weighted by molar-refractivity contribution is 5.88. The lowest BCUT2D eigenvalue weighted by Gasteiger charge is -2.29. The van der Waals surface area contributed by atoms with Gasteiger partial charge in [-0.3, -0.25) is 4.79 Å². The first-order chi connectivity index (χ1) is 18.8. The highest BCUT2D eigenvalue weighted by Crippen LogP contribution is 2.52. The third-order valence-electron chi connectivity index (χ3n) is 8.94. The van der Waals surface area contributed by atoms with E-state index < -0.39 is 0 Å². The van der Waals surface area contributed by atoms with Crippen LogP contribution >= 0.6 is 0 Å². The van der Waals surface area contributed by atoms with Crippen LogP contribution in [-0.4, -0.2) is 6.29 Å². The molecule has 5 aromatic carbocycles. The highest BCUT2D eigenvalue weighted by Gasteiger charge is 2.37. The van der Waals surface area contributed by atoms with Crippen LogP contribution in [0.5, 0.6) is 0 Å². The van der Waals surface area contributed by atoms with Crippen molar-refractivity contribution in [2.45, 2.75) is 38.5 Å². The summed E-state index contributed by atoms with van der Waals surface area (Å²) in [5.41, 5.74) is 14.4. The van der Waals surface area contributed by atoms with Gasteiger partial charge in [0, 0.05) is 33.5 Å². The Morgan fingerprint density at radius 3 is 1.36 bits per heavy atom. The van der Waals surface area contributed by atoms with E-state index in [1.807, 2.05) is 24.3 Å². The number of anilines is 3. The first-order valence-electron chi connectivity index (χ1n) is 13.6. The average molecular weight is 506 g/mol. The number of rotatable bonds is 4. The maximum absolute atomic E-state index is 11.4. The molecule has 0 unspecified atom stereocenters. The lowest BCUT2D eigenvalue weighted by molar-refractivity contribution is 0.112. The molecule has 5 aromatic rings. The molecule has 0 radical (unpaired) electrons. The van der Waals surface area contributed by atoms with E-state index in [1.165, 1.54) is 44.5 Å². The largest absolute Gasteiger partial charge is 0.310 e. The predicted octanol–water partition coefficient (Wildman–Crippen LogP) is 9.58. The smallest absolute Gasteiger partial charge is 0.150 e. The highest BCUT2D eigenvalue weighted by atomic mass is 16.1. The molecule has 0 bridgehead atoms. The number of hydrogen-bond acceptors (Lipinski definition) is 2. The molecule has 0 saturated heterocycles. The molecule has 0 amide bonds. The first kappa shape index (κ1) is 23.7. The molecule has 7 rings (SSSR count). The molecule has 0 spiro atoms. The molecule has 39 heavy (non-hydrogen) atoms. The van der Waals surface area contributed by atoms with Crippen LogP contribution in [0.15, 0.2) is 109 Å². The summed E-state index contributed by atoms with van der Waals surface area (Å²) in [4.78, 5) is 13.8. The second kappa shape index (κ2) is 8.28. The molecule has 0 saturated carbocycles. The molecule has 0 aliphatic heterocycles. The standard InChI is InChI=1S/C37H31NO/c1-36(2)32-11-7-5-9-28(32)30-19-17-26(21-34(30)36)38(25-15-13-24(23-39)14-16-25)27-18-20-31-29-10-6-8-12-33(29)37(3,4)35(31)22-27/h5-23H,1-4H3. The molecular weight excluding hydrogens is 474 g/mol. The molecule has 2 nitrogen and oxygen atoms in total. The molecule has 0 atom stereocenters. The van der Waals surface area contributed by atoms with Gasteiger partial charge in [0.05, 0.1) is 0 Å². The first-order valence-corrected chi connectivity index (χ1v) is 13.6. The third kappa shape index (κ3) is 3.37. The van der Waals surface area contributed by atoms with Crippen molar-refractivity contribution < 1.29 is 4.79 Å². The van der Waals surface area contributed by atoms with Crippen LogP contribution in [0.2, 0.25) is 0 Å². The van der Waals surface area contributed by atoms with Crippen LogP contribution in [-0.2, 0) is 10.8 Å². The van der Waals surface area contributed by atoms with Gasteiger partial charge in [-0.25, -0.2) is 0 Å². The number of carbonyl (C=O) groups is 1. The van der Waals surface area contributed by atoms with Gasteiger partial charge in [-0.2, -0.15) is 0 Å². The van der Waals surface area contributed by atoms with Crippen LogP contribution in [0.4, 0.5) is 17.1 Å². The summed E-state index contributed by atoms with van der Waals surface area (Å²) in [7, 11) is 0. The molecule has 2 heteroatoms. The third-order valence-corrected chi connectivity index (χ3v) is 8.94. The van der Waals surface area contributed by atoms with Crippen molar-refractivity contribution >= 4 is 23.3 Å².